The molecule has 5 heteroatoms. The Bertz CT molecular complexity index is 548. The van der Waals surface area contributed by atoms with Crippen LogP contribution in [0.4, 0.5) is 4.39 Å². The van der Waals surface area contributed by atoms with Gasteiger partial charge in [0.1, 0.15) is 10.8 Å². The molecule has 0 spiro atoms. The number of nitrogens with zero attached hydrogens (tertiary/aromatic N) is 1. The van der Waals surface area contributed by atoms with Gasteiger partial charge in [0, 0.05) is 24.1 Å². The van der Waals surface area contributed by atoms with Crippen LogP contribution in [-0.4, -0.2) is 4.98 Å². The molecule has 1 heterocycles. The van der Waals surface area contributed by atoms with Gasteiger partial charge in [0.15, 0.2) is 0 Å². The first kappa shape index (κ1) is 13.3. The molecule has 1 aromatic carbocycles. The molecule has 0 fully saturated rings. The number of nitrogens with two attached hydrogens (primary N) is 1. The van der Waals surface area contributed by atoms with E-state index in [9.17, 15) is 4.39 Å². The van der Waals surface area contributed by atoms with Gasteiger partial charge in [0.2, 0.25) is 0 Å². The van der Waals surface area contributed by atoms with Crippen molar-refractivity contribution < 1.29 is 4.39 Å². The van der Waals surface area contributed by atoms with E-state index in [4.69, 9.17) is 17.3 Å². The lowest BCUT2D eigenvalue weighted by atomic mass is 10.1. The summed E-state index contributed by atoms with van der Waals surface area (Å²) in [5.74, 6) is 0.423. The Labute approximate surface area is 114 Å². The number of halogens is 2. The van der Waals surface area contributed by atoms with E-state index in [2.05, 4.69) is 4.98 Å². The van der Waals surface area contributed by atoms with Gasteiger partial charge in [0.05, 0.1) is 5.02 Å². The Balaban J connectivity index is 2.09. The molecule has 0 saturated carbocycles. The quantitative estimate of drug-likeness (QED) is 0.871. The topological polar surface area (TPSA) is 38.9 Å². The summed E-state index contributed by atoms with van der Waals surface area (Å²) in [5.41, 5.74) is 7.00. The molecule has 94 valence electrons. The molecule has 0 atom stereocenters. The number of rotatable bonds is 4. The van der Waals surface area contributed by atoms with E-state index >= 15 is 0 Å². The summed E-state index contributed by atoms with van der Waals surface area (Å²) in [5, 5.41) is 1.40. The van der Waals surface area contributed by atoms with Crippen molar-refractivity contribution in [3.63, 3.8) is 0 Å². The van der Waals surface area contributed by atoms with Gasteiger partial charge in [-0.25, -0.2) is 9.37 Å². The third kappa shape index (κ3) is 3.22. The summed E-state index contributed by atoms with van der Waals surface area (Å²) in [4.78, 5) is 4.19. The van der Waals surface area contributed by atoms with Crippen molar-refractivity contribution in [2.45, 2.75) is 17.3 Å². The van der Waals surface area contributed by atoms with Gasteiger partial charge < -0.3 is 5.73 Å². The summed E-state index contributed by atoms with van der Waals surface area (Å²) in [7, 11) is 0. The van der Waals surface area contributed by atoms with E-state index < -0.39 is 0 Å². The highest BCUT2D eigenvalue weighted by Crippen LogP contribution is 2.27. The Morgan fingerprint density at radius 2 is 2.17 bits per heavy atom. The second-order valence-corrected chi connectivity index (χ2v) is 5.08. The summed E-state index contributed by atoms with van der Waals surface area (Å²) in [6, 6.07) is 8.55. The maximum absolute atomic E-state index is 13.3. The zero-order valence-corrected chi connectivity index (χ0v) is 11.1. The van der Waals surface area contributed by atoms with Crippen LogP contribution in [0, 0.1) is 5.82 Å². The summed E-state index contributed by atoms with van der Waals surface area (Å²) >= 11 is 7.53. The minimum Gasteiger partial charge on any atom is -0.326 e. The molecule has 0 aliphatic heterocycles. The van der Waals surface area contributed by atoms with E-state index in [1.54, 1.807) is 30.5 Å². The van der Waals surface area contributed by atoms with Crippen LogP contribution in [0.2, 0.25) is 5.02 Å². The first-order valence-corrected chi connectivity index (χ1v) is 6.77. The van der Waals surface area contributed by atoms with Gasteiger partial charge >= 0.3 is 0 Å². The van der Waals surface area contributed by atoms with E-state index in [0.29, 0.717) is 16.3 Å². The van der Waals surface area contributed by atoms with Gasteiger partial charge in [-0.3, -0.25) is 0 Å². The number of benzene rings is 1. The lowest BCUT2D eigenvalue weighted by Gasteiger charge is -2.05. The van der Waals surface area contributed by atoms with Crippen LogP contribution in [-0.2, 0) is 12.3 Å². The van der Waals surface area contributed by atoms with Gasteiger partial charge in [-0.15, -0.1) is 11.8 Å². The number of hydrogen-bond donors (Lipinski definition) is 1. The predicted molar refractivity (Wildman–Crippen MR) is 73.1 cm³/mol. The lowest BCUT2D eigenvalue weighted by molar-refractivity contribution is 0.610. The highest BCUT2D eigenvalue weighted by molar-refractivity contribution is 7.98. The van der Waals surface area contributed by atoms with Crippen molar-refractivity contribution in [3.8, 4) is 0 Å². The van der Waals surface area contributed by atoms with Crippen LogP contribution < -0.4 is 5.73 Å². The molecule has 2 nitrogen and oxygen atoms in total. The Morgan fingerprint density at radius 3 is 2.89 bits per heavy atom. The molecule has 0 saturated heterocycles. The zero-order chi connectivity index (χ0) is 13.0. The monoisotopic (exact) mass is 282 g/mol. The van der Waals surface area contributed by atoms with Crippen molar-refractivity contribution in [3.05, 3.63) is 58.5 Å². The van der Waals surface area contributed by atoms with Gasteiger partial charge in [-0.1, -0.05) is 23.7 Å². The number of thioether (sulfide) groups is 1. The second kappa shape index (κ2) is 6.18. The molecule has 0 unspecified atom stereocenters. The summed E-state index contributed by atoms with van der Waals surface area (Å²) in [6.07, 6.45) is 1.70. The third-order valence-corrected chi connectivity index (χ3v) is 3.92. The normalized spacial score (nSPS) is 10.6. The fourth-order valence-electron chi connectivity index (χ4n) is 1.50. The molecule has 2 rings (SSSR count). The highest BCUT2D eigenvalue weighted by Gasteiger charge is 2.05. The maximum atomic E-state index is 13.3. The largest absolute Gasteiger partial charge is 0.326 e. The Morgan fingerprint density at radius 1 is 1.33 bits per heavy atom. The highest BCUT2D eigenvalue weighted by atomic mass is 35.5. The minimum atomic E-state index is -0.262. The standard InChI is InChI=1S/C13H12ClFN2S/c14-11-2-1-5-17-13(11)18-8-9-3-4-12(15)10(6-9)7-16/h1-6H,7-8,16H2. The van der Waals surface area contributed by atoms with Crippen molar-refractivity contribution in [2.24, 2.45) is 5.73 Å². The number of pyridine rings is 1. The van der Waals surface area contributed by atoms with Gasteiger partial charge in [-0.05, 0) is 23.8 Å². The molecule has 2 aromatic rings. The van der Waals surface area contributed by atoms with Crippen molar-refractivity contribution in [1.82, 2.24) is 4.98 Å². The molecule has 1 aromatic heterocycles. The van der Waals surface area contributed by atoms with Crippen LogP contribution in [0.3, 0.4) is 0 Å². The van der Waals surface area contributed by atoms with E-state index in [0.717, 1.165) is 10.6 Å². The first-order chi connectivity index (χ1) is 8.70. The summed E-state index contributed by atoms with van der Waals surface area (Å²) in [6.45, 7) is 0.203. The second-order valence-electron chi connectivity index (χ2n) is 3.71. The first-order valence-electron chi connectivity index (χ1n) is 5.41. The molecule has 0 radical (unpaired) electrons. The fraction of sp³-hybridized carbons (Fsp3) is 0.154. The molecule has 2 N–H and O–H groups in total. The minimum absolute atomic E-state index is 0.203. The van der Waals surface area contributed by atoms with Crippen LogP contribution in [0.5, 0.6) is 0 Å². The van der Waals surface area contributed by atoms with Crippen LogP contribution >= 0.6 is 23.4 Å². The average molecular weight is 283 g/mol. The molecule has 0 bridgehead atoms. The van der Waals surface area contributed by atoms with Crippen molar-refractivity contribution in [1.29, 1.82) is 0 Å². The van der Waals surface area contributed by atoms with E-state index in [-0.39, 0.29) is 12.4 Å². The van der Waals surface area contributed by atoms with Crippen molar-refractivity contribution >= 4 is 23.4 Å². The smallest absolute Gasteiger partial charge is 0.127 e. The number of hydrogen-bond acceptors (Lipinski definition) is 3. The van der Waals surface area contributed by atoms with Crippen LogP contribution in [0.15, 0.2) is 41.6 Å². The van der Waals surface area contributed by atoms with Gasteiger partial charge in [-0.2, -0.15) is 0 Å². The molecular formula is C13H12ClFN2S. The molecule has 0 aliphatic rings. The lowest BCUT2D eigenvalue weighted by Crippen LogP contribution is -2.00. The van der Waals surface area contributed by atoms with E-state index in [1.807, 2.05) is 0 Å². The fourth-order valence-corrected chi connectivity index (χ4v) is 2.61. The SMILES string of the molecule is NCc1cc(CSc2ncccc2Cl)ccc1F. The van der Waals surface area contributed by atoms with Crippen molar-refractivity contribution in [2.75, 3.05) is 0 Å². The number of aromatic nitrogens is 1. The van der Waals surface area contributed by atoms with Crippen LogP contribution in [0.25, 0.3) is 0 Å². The molecule has 0 aliphatic carbocycles. The maximum Gasteiger partial charge on any atom is 0.127 e. The molecular weight excluding hydrogens is 271 g/mol. The zero-order valence-electron chi connectivity index (χ0n) is 9.57. The summed E-state index contributed by atoms with van der Waals surface area (Å²) < 4.78 is 13.3. The predicted octanol–water partition coefficient (Wildman–Crippen LogP) is 3.63. The average Bonchev–Trinajstić information content (AvgIpc) is 2.39. The van der Waals surface area contributed by atoms with E-state index in [1.165, 1.54) is 17.8 Å². The Kier molecular flexibility index (Phi) is 4.58. The molecule has 18 heavy (non-hydrogen) atoms. The van der Waals surface area contributed by atoms with Crippen LogP contribution in [0.1, 0.15) is 11.1 Å². The molecule has 0 amide bonds. The van der Waals surface area contributed by atoms with Gasteiger partial charge in [0.25, 0.3) is 0 Å². The third-order valence-electron chi connectivity index (χ3n) is 2.43. The Hall–Kier alpha value is -1.10.